The van der Waals surface area contributed by atoms with E-state index in [0.717, 1.165) is 6.07 Å². The Morgan fingerprint density at radius 1 is 1.04 bits per heavy atom. The summed E-state index contributed by atoms with van der Waals surface area (Å²) in [6.45, 7) is 0. The van der Waals surface area contributed by atoms with Gasteiger partial charge in [-0.3, -0.25) is 20.2 Å². The molecule has 0 bridgehead atoms. The summed E-state index contributed by atoms with van der Waals surface area (Å²) < 4.78 is 13.0. The number of benzene rings is 2. The average Bonchev–Trinajstić information content (AvgIpc) is 2.55. The van der Waals surface area contributed by atoms with Gasteiger partial charge >= 0.3 is 0 Å². The molecule has 2 aromatic carbocycles. The Balaban J connectivity index is 2.38. The van der Waals surface area contributed by atoms with Crippen LogP contribution in [0.25, 0.3) is 0 Å². The highest BCUT2D eigenvalue weighted by molar-refractivity contribution is 5.54. The lowest BCUT2D eigenvalue weighted by molar-refractivity contribution is -0.394. The normalized spacial score (nSPS) is 11.7. The highest BCUT2D eigenvalue weighted by Crippen LogP contribution is 2.31. The number of rotatable bonds is 7. The Morgan fingerprint density at radius 2 is 1.71 bits per heavy atom. The first-order valence-electron chi connectivity index (χ1n) is 7.03. The molecule has 0 N–H and O–H groups in total. The van der Waals surface area contributed by atoms with E-state index in [1.54, 1.807) is 0 Å². The van der Waals surface area contributed by atoms with Gasteiger partial charge in [0.1, 0.15) is 12.1 Å². The lowest BCUT2D eigenvalue weighted by atomic mass is 9.89. The first-order valence-corrected chi connectivity index (χ1v) is 7.03. The van der Waals surface area contributed by atoms with Crippen LogP contribution >= 0.6 is 0 Å². The molecule has 24 heavy (non-hydrogen) atoms. The first-order chi connectivity index (χ1) is 11.4. The Bertz CT molecular complexity index is 777. The fourth-order valence-electron chi connectivity index (χ4n) is 2.46. The van der Waals surface area contributed by atoms with E-state index in [0.29, 0.717) is 11.8 Å². The van der Waals surface area contributed by atoms with Gasteiger partial charge in [-0.15, -0.1) is 0 Å². The van der Waals surface area contributed by atoms with Crippen LogP contribution in [0.2, 0.25) is 0 Å². The first kappa shape index (κ1) is 17.2. The molecule has 0 amide bonds. The summed E-state index contributed by atoms with van der Waals surface area (Å²) in [6, 6.07) is 8.93. The summed E-state index contributed by atoms with van der Waals surface area (Å²) in [4.78, 5) is 31.5. The molecular weight excluding hydrogens is 319 g/mol. The van der Waals surface area contributed by atoms with Crippen molar-refractivity contribution < 1.29 is 19.0 Å². The van der Waals surface area contributed by atoms with Crippen molar-refractivity contribution in [3.05, 3.63) is 79.6 Å². The van der Waals surface area contributed by atoms with Crippen LogP contribution in [0.5, 0.6) is 0 Å². The zero-order valence-electron chi connectivity index (χ0n) is 12.4. The number of carbonyl (C=O) groups is 1. The van der Waals surface area contributed by atoms with Crippen LogP contribution < -0.4 is 0 Å². The summed E-state index contributed by atoms with van der Waals surface area (Å²) in [7, 11) is 0. The van der Waals surface area contributed by atoms with Crippen LogP contribution in [0.1, 0.15) is 23.5 Å². The second kappa shape index (κ2) is 7.40. The molecule has 0 aliphatic heterocycles. The summed E-state index contributed by atoms with van der Waals surface area (Å²) in [5.41, 5.74) is 0.194. The van der Waals surface area contributed by atoms with Gasteiger partial charge in [0.05, 0.1) is 15.9 Å². The van der Waals surface area contributed by atoms with Gasteiger partial charge < -0.3 is 4.79 Å². The fourth-order valence-corrected chi connectivity index (χ4v) is 2.46. The van der Waals surface area contributed by atoms with Gasteiger partial charge in [0.25, 0.3) is 11.4 Å². The van der Waals surface area contributed by atoms with Gasteiger partial charge in [0.15, 0.2) is 0 Å². The Hall–Kier alpha value is -3.16. The highest BCUT2D eigenvalue weighted by Gasteiger charge is 2.22. The number of nitro benzene ring substituents is 2. The van der Waals surface area contributed by atoms with E-state index in [9.17, 15) is 29.4 Å². The molecule has 2 aromatic rings. The maximum atomic E-state index is 13.0. The SMILES string of the molecule is O=CC[C@H](Cc1ccc([N+](=O)[O-])cc1[N+](=O)[O-])c1ccc(F)cc1. The van der Waals surface area contributed by atoms with Crippen LogP contribution in [0.4, 0.5) is 15.8 Å². The van der Waals surface area contributed by atoms with Gasteiger partial charge in [-0.05, 0) is 36.1 Å². The van der Waals surface area contributed by atoms with Crippen LogP contribution in [0.3, 0.4) is 0 Å². The topological polar surface area (TPSA) is 103 Å². The molecule has 2 rings (SSSR count). The molecule has 0 heterocycles. The smallest absolute Gasteiger partial charge is 0.279 e. The van der Waals surface area contributed by atoms with E-state index in [1.807, 2.05) is 0 Å². The number of hydrogen-bond donors (Lipinski definition) is 0. The lowest BCUT2D eigenvalue weighted by Gasteiger charge is -2.15. The van der Waals surface area contributed by atoms with Crippen LogP contribution in [0, 0.1) is 26.0 Å². The van der Waals surface area contributed by atoms with E-state index in [1.165, 1.54) is 36.4 Å². The van der Waals surface area contributed by atoms with Crippen LogP contribution in [0.15, 0.2) is 42.5 Å². The molecular formula is C16H13FN2O5. The average molecular weight is 332 g/mol. The van der Waals surface area contributed by atoms with Crippen molar-refractivity contribution in [3.63, 3.8) is 0 Å². The molecule has 0 spiro atoms. The minimum atomic E-state index is -0.709. The van der Waals surface area contributed by atoms with Crippen molar-refractivity contribution in [2.75, 3.05) is 0 Å². The number of halogens is 1. The third-order valence-electron chi connectivity index (χ3n) is 3.66. The van der Waals surface area contributed by atoms with Gasteiger partial charge in [-0.1, -0.05) is 12.1 Å². The van der Waals surface area contributed by atoms with Crippen molar-refractivity contribution in [2.45, 2.75) is 18.8 Å². The van der Waals surface area contributed by atoms with Crippen LogP contribution in [-0.2, 0) is 11.2 Å². The molecule has 0 aliphatic carbocycles. The molecule has 1 atom stereocenters. The molecule has 8 heteroatoms. The number of non-ortho nitro benzene ring substituents is 1. The van der Waals surface area contributed by atoms with E-state index in [-0.39, 0.29) is 35.7 Å². The summed E-state index contributed by atoms with van der Waals surface area (Å²) in [6.07, 6.45) is 0.920. The molecule has 0 aromatic heterocycles. The van der Waals surface area contributed by atoms with Crippen molar-refractivity contribution in [1.29, 1.82) is 0 Å². The van der Waals surface area contributed by atoms with E-state index in [2.05, 4.69) is 0 Å². The quantitative estimate of drug-likeness (QED) is 0.438. The fraction of sp³-hybridized carbons (Fsp3) is 0.188. The van der Waals surface area contributed by atoms with Gasteiger partial charge in [0.2, 0.25) is 0 Å². The van der Waals surface area contributed by atoms with Gasteiger partial charge in [0, 0.05) is 18.1 Å². The molecule has 0 aliphatic rings. The second-order valence-electron chi connectivity index (χ2n) is 5.18. The predicted octanol–water partition coefficient (Wildman–Crippen LogP) is 3.56. The molecule has 0 saturated carbocycles. The van der Waals surface area contributed by atoms with Gasteiger partial charge in [-0.25, -0.2) is 4.39 Å². The van der Waals surface area contributed by atoms with Crippen molar-refractivity contribution in [2.24, 2.45) is 0 Å². The Labute approximate surface area is 136 Å². The molecule has 0 radical (unpaired) electrons. The van der Waals surface area contributed by atoms with E-state index in [4.69, 9.17) is 0 Å². The monoisotopic (exact) mass is 332 g/mol. The third kappa shape index (κ3) is 3.97. The minimum absolute atomic E-state index is 0.0970. The summed E-state index contributed by atoms with van der Waals surface area (Å²) in [5, 5.41) is 21.9. The van der Waals surface area contributed by atoms with E-state index >= 15 is 0 Å². The summed E-state index contributed by atoms with van der Waals surface area (Å²) in [5.74, 6) is -0.812. The van der Waals surface area contributed by atoms with Crippen molar-refractivity contribution >= 4 is 17.7 Å². The van der Waals surface area contributed by atoms with Gasteiger partial charge in [-0.2, -0.15) is 0 Å². The maximum Gasteiger partial charge on any atom is 0.279 e. The maximum absolute atomic E-state index is 13.0. The zero-order chi connectivity index (χ0) is 17.7. The number of hydrogen-bond acceptors (Lipinski definition) is 5. The Morgan fingerprint density at radius 3 is 2.25 bits per heavy atom. The molecule has 0 fully saturated rings. The highest BCUT2D eigenvalue weighted by atomic mass is 19.1. The van der Waals surface area contributed by atoms with E-state index < -0.39 is 15.7 Å². The molecule has 124 valence electrons. The third-order valence-corrected chi connectivity index (χ3v) is 3.66. The van der Waals surface area contributed by atoms with Crippen molar-refractivity contribution in [3.8, 4) is 0 Å². The standard InChI is InChI=1S/C16H13FN2O5/c17-14-4-1-11(2-5-14)12(7-8-20)9-13-3-6-15(18(21)22)10-16(13)19(23)24/h1-6,8,10,12H,7,9H2/t12-/m1/s1. The molecule has 0 unspecified atom stereocenters. The number of nitro groups is 2. The van der Waals surface area contributed by atoms with Crippen LogP contribution in [-0.4, -0.2) is 16.1 Å². The Kier molecular flexibility index (Phi) is 5.31. The zero-order valence-corrected chi connectivity index (χ0v) is 12.4. The minimum Gasteiger partial charge on any atom is -0.303 e. The number of aldehydes is 1. The molecule has 0 saturated heterocycles. The number of nitrogens with zero attached hydrogens (tertiary/aromatic N) is 2. The summed E-state index contributed by atoms with van der Waals surface area (Å²) >= 11 is 0. The second-order valence-corrected chi connectivity index (χ2v) is 5.18. The molecule has 7 nitrogen and oxygen atoms in total. The lowest BCUT2D eigenvalue weighted by Crippen LogP contribution is -2.07. The number of carbonyl (C=O) groups excluding carboxylic acids is 1. The largest absolute Gasteiger partial charge is 0.303 e. The van der Waals surface area contributed by atoms with Crippen molar-refractivity contribution in [1.82, 2.24) is 0 Å². The predicted molar refractivity (Wildman–Crippen MR) is 83.3 cm³/mol.